The third-order valence-corrected chi connectivity index (χ3v) is 12.6. The van der Waals surface area contributed by atoms with Crippen molar-refractivity contribution >= 4 is 34.9 Å². The first-order chi connectivity index (χ1) is 32.8. The van der Waals surface area contributed by atoms with Crippen molar-refractivity contribution < 1.29 is 19.4 Å². The van der Waals surface area contributed by atoms with Gasteiger partial charge in [-0.1, -0.05) is 67.6 Å². The molecular formula is C53H62N10O4. The zero-order chi connectivity index (χ0) is 46.2. The van der Waals surface area contributed by atoms with Gasteiger partial charge in [0.05, 0.1) is 55.0 Å². The fourth-order valence-corrected chi connectivity index (χ4v) is 8.91. The molecule has 0 unspecified atom stereocenters. The molecule has 0 bridgehead atoms. The van der Waals surface area contributed by atoms with Crippen LogP contribution in [0.2, 0.25) is 0 Å². The largest absolute Gasteiger partial charge is 0.481 e. The van der Waals surface area contributed by atoms with Gasteiger partial charge in [0, 0.05) is 61.6 Å². The maximum Gasteiger partial charge on any atom is 0.306 e. The lowest BCUT2D eigenvalue weighted by molar-refractivity contribution is -0.143. The Kier molecular flexibility index (Phi) is 16.4. The Balaban J connectivity index is 0.770. The quantitative estimate of drug-likeness (QED) is 0.0243. The second-order valence-electron chi connectivity index (χ2n) is 17.4. The molecule has 14 heteroatoms. The first-order valence-electron chi connectivity index (χ1n) is 23.6. The van der Waals surface area contributed by atoms with Crippen LogP contribution in [0.5, 0.6) is 0 Å². The van der Waals surface area contributed by atoms with E-state index in [2.05, 4.69) is 121 Å². The van der Waals surface area contributed by atoms with Crippen molar-refractivity contribution in [2.45, 2.75) is 88.4 Å². The van der Waals surface area contributed by atoms with Crippen LogP contribution in [-0.4, -0.2) is 81.9 Å². The van der Waals surface area contributed by atoms with Gasteiger partial charge in [0.25, 0.3) is 0 Å². The number of aliphatic carboxylic acids is 1. The number of pyridine rings is 4. The molecule has 2 aliphatic heterocycles. The minimum Gasteiger partial charge on any atom is -0.481 e. The summed E-state index contributed by atoms with van der Waals surface area (Å²) in [5.41, 5.74) is 9.34. The third-order valence-electron chi connectivity index (χ3n) is 12.6. The maximum atomic E-state index is 12.8. The van der Waals surface area contributed by atoms with Crippen LogP contribution in [-0.2, 0) is 40.0 Å². The van der Waals surface area contributed by atoms with Crippen molar-refractivity contribution in [1.29, 1.82) is 0 Å². The first kappa shape index (κ1) is 46.6. The van der Waals surface area contributed by atoms with Crippen LogP contribution in [0.1, 0.15) is 89.9 Å². The summed E-state index contributed by atoms with van der Waals surface area (Å²) in [6.07, 6.45) is 9.85. The van der Waals surface area contributed by atoms with Crippen LogP contribution in [0.25, 0.3) is 0 Å². The lowest BCUT2D eigenvalue weighted by Gasteiger charge is -2.35. The fraction of sp³-hybridized carbons (Fsp3) is 0.358. The van der Waals surface area contributed by atoms with Crippen LogP contribution >= 0.6 is 0 Å². The van der Waals surface area contributed by atoms with Gasteiger partial charge >= 0.3 is 11.9 Å². The van der Waals surface area contributed by atoms with E-state index in [-0.39, 0.29) is 48.9 Å². The number of carbonyl (C=O) groups is 2. The second-order valence-corrected chi connectivity index (χ2v) is 17.4. The number of nitrogens with one attached hydrogen (secondary N) is 6. The highest BCUT2D eigenvalue weighted by atomic mass is 16.5. The number of hydrogen-bond donors (Lipinski definition) is 7. The highest BCUT2D eigenvalue weighted by molar-refractivity contribution is 5.70. The molecule has 2 aliphatic rings. The molecule has 4 aromatic heterocycles. The summed E-state index contributed by atoms with van der Waals surface area (Å²) in [6, 6.07) is 37.5. The number of anilines is 4. The molecule has 14 nitrogen and oxygen atoms in total. The van der Waals surface area contributed by atoms with Gasteiger partial charge in [-0.2, -0.15) is 0 Å². The van der Waals surface area contributed by atoms with E-state index >= 15 is 0 Å². The van der Waals surface area contributed by atoms with Crippen molar-refractivity contribution in [3.63, 3.8) is 0 Å². The number of esters is 1. The summed E-state index contributed by atoms with van der Waals surface area (Å²) >= 11 is 0. The van der Waals surface area contributed by atoms with Gasteiger partial charge in [0.1, 0.15) is 11.6 Å². The van der Waals surface area contributed by atoms with Crippen LogP contribution in [0.15, 0.2) is 128 Å². The Bertz CT molecular complexity index is 2530. The van der Waals surface area contributed by atoms with Crippen molar-refractivity contribution in [3.8, 4) is 0 Å². The smallest absolute Gasteiger partial charge is 0.306 e. The molecule has 8 rings (SSSR count). The Morgan fingerprint density at radius 2 is 1.25 bits per heavy atom. The van der Waals surface area contributed by atoms with Gasteiger partial charge in [-0.3, -0.25) is 19.6 Å². The molecule has 348 valence electrons. The van der Waals surface area contributed by atoms with E-state index in [0.29, 0.717) is 19.4 Å². The number of rotatable bonds is 23. The number of ether oxygens (including phenoxy) is 1. The Morgan fingerprint density at radius 1 is 0.672 bits per heavy atom. The van der Waals surface area contributed by atoms with E-state index in [9.17, 15) is 9.59 Å². The molecule has 67 heavy (non-hydrogen) atoms. The molecular weight excluding hydrogens is 841 g/mol. The number of benzene rings is 2. The van der Waals surface area contributed by atoms with Crippen molar-refractivity contribution in [2.24, 2.45) is 0 Å². The topological polar surface area (TPSA) is 187 Å². The van der Waals surface area contributed by atoms with Gasteiger partial charge in [-0.05, 0) is 115 Å². The van der Waals surface area contributed by atoms with E-state index in [1.54, 1.807) is 6.20 Å². The molecule has 7 N–H and O–H groups in total. The van der Waals surface area contributed by atoms with Gasteiger partial charge in [-0.25, -0.2) is 9.97 Å². The normalized spacial score (nSPS) is 16.4. The minimum absolute atomic E-state index is 0.00761. The number of carboxylic acid groups (broad SMARTS) is 1. The second kappa shape index (κ2) is 23.5. The molecule has 0 fully saturated rings. The molecule has 6 aromatic rings. The van der Waals surface area contributed by atoms with Crippen molar-refractivity contribution in [3.05, 3.63) is 167 Å². The molecule has 0 saturated heterocycles. The zero-order valence-corrected chi connectivity index (χ0v) is 38.2. The molecule has 0 saturated carbocycles. The summed E-state index contributed by atoms with van der Waals surface area (Å²) in [4.78, 5) is 42.4. The fourth-order valence-electron chi connectivity index (χ4n) is 8.91. The van der Waals surface area contributed by atoms with Gasteiger partial charge in [0.2, 0.25) is 0 Å². The number of carbonyl (C=O) groups excluding carboxylic acids is 1. The third kappa shape index (κ3) is 13.4. The predicted molar refractivity (Wildman–Crippen MR) is 263 cm³/mol. The average molecular weight is 903 g/mol. The number of fused-ring (bicyclic) bond motifs is 2. The van der Waals surface area contributed by atoms with Crippen molar-refractivity contribution in [2.75, 3.05) is 54.1 Å². The van der Waals surface area contributed by atoms with Crippen molar-refractivity contribution in [1.82, 2.24) is 30.6 Å². The van der Waals surface area contributed by atoms with Crippen LogP contribution in [0.3, 0.4) is 0 Å². The van der Waals surface area contributed by atoms with Gasteiger partial charge in [0.15, 0.2) is 0 Å². The average Bonchev–Trinajstić information content (AvgIpc) is 3.37. The van der Waals surface area contributed by atoms with Crippen LogP contribution in [0.4, 0.5) is 23.0 Å². The highest BCUT2D eigenvalue weighted by Gasteiger charge is 2.29. The molecule has 6 heterocycles. The maximum absolute atomic E-state index is 12.8. The number of nitrogens with zero attached hydrogens (tertiary/aromatic N) is 4. The Hall–Kier alpha value is -6.90. The summed E-state index contributed by atoms with van der Waals surface area (Å²) < 4.78 is 5.69. The number of aromatic nitrogens is 4. The van der Waals surface area contributed by atoms with E-state index < -0.39 is 5.97 Å². The summed E-state index contributed by atoms with van der Waals surface area (Å²) in [7, 11) is 0. The lowest BCUT2D eigenvalue weighted by atomic mass is 9.96. The summed E-state index contributed by atoms with van der Waals surface area (Å²) in [5, 5.41) is 31.2. The van der Waals surface area contributed by atoms with E-state index in [1.165, 1.54) is 16.7 Å². The molecule has 2 aromatic carbocycles. The molecule has 0 aliphatic carbocycles. The Morgan fingerprint density at radius 3 is 1.87 bits per heavy atom. The minimum atomic E-state index is -0.822. The van der Waals surface area contributed by atoms with E-state index in [0.717, 1.165) is 97.5 Å². The van der Waals surface area contributed by atoms with Crippen LogP contribution in [0, 0.1) is 0 Å². The van der Waals surface area contributed by atoms with Crippen LogP contribution < -0.4 is 31.9 Å². The lowest BCUT2D eigenvalue weighted by Crippen LogP contribution is -2.44. The number of hydrogen-bond acceptors (Lipinski definition) is 13. The SMILES string of the molecule is C[C@@H](CCCOC(=O)CCc1cc(CCN[C@H](c2ccccc2)[C@H]2CNc3cccnc3N2)ccn1)c1ccc2c(n1)N[C@@H]([C@H](NCCc1ccnc(CCC(=O)O)c1)c1ccccc1)CN2. The molecule has 0 spiro atoms. The molecule has 5 atom stereocenters. The number of carboxylic acids is 1. The predicted octanol–water partition coefficient (Wildman–Crippen LogP) is 7.90. The highest BCUT2D eigenvalue weighted by Crippen LogP contribution is 2.32. The standard InChI is InChI=1S/C53H62N10O4/c1-36(43-18-19-45-53(61-43)63-47(35-60-45)51(40-13-6-3-7-14-40)57-30-24-37-22-27-54-41(32-37)16-20-48(64)65)10-9-31-67-49(66)21-17-42-33-38(23-28-55-42)25-29-56-50(39-11-4-2-5-12-39)46-34-59-44-15-8-26-58-52(44)62-46/h2-8,11-15,18-19,22-23,26-28,32-33,36,46-47,50-51,56-57,59-60H,9-10,16-17,20-21,24-25,29-31,34-35H2,1H3,(H,58,62)(H,61,63)(H,64,65)/t36-,46+,47+,50+,51+/m0/s1. The number of aryl methyl sites for hydroxylation is 2. The van der Waals surface area contributed by atoms with Gasteiger partial charge < -0.3 is 41.7 Å². The molecule has 0 radical (unpaired) electrons. The van der Waals surface area contributed by atoms with Gasteiger partial charge in [-0.15, -0.1) is 0 Å². The van der Waals surface area contributed by atoms with E-state index in [1.807, 2.05) is 54.9 Å². The summed E-state index contributed by atoms with van der Waals surface area (Å²) in [6.45, 7) is 5.52. The monoisotopic (exact) mass is 902 g/mol. The van der Waals surface area contributed by atoms with E-state index in [4.69, 9.17) is 14.8 Å². The Labute approximate surface area is 393 Å². The first-order valence-corrected chi connectivity index (χ1v) is 23.6. The molecule has 0 amide bonds. The summed E-state index contributed by atoms with van der Waals surface area (Å²) in [5.74, 6) is 0.831. The zero-order valence-electron chi connectivity index (χ0n) is 38.2.